The Kier molecular flexibility index (Phi) is 4.00. The summed E-state index contributed by atoms with van der Waals surface area (Å²) in [4.78, 5) is 20.9. The largest absolute Gasteiger partial charge is 0.359 e. The van der Waals surface area contributed by atoms with Crippen molar-refractivity contribution in [3.05, 3.63) is 52.8 Å². The number of nitrogens with one attached hydrogen (secondary N) is 1. The number of anilines is 1. The van der Waals surface area contributed by atoms with Crippen molar-refractivity contribution in [1.82, 2.24) is 9.88 Å². The summed E-state index contributed by atoms with van der Waals surface area (Å²) in [7, 11) is 0. The van der Waals surface area contributed by atoms with Gasteiger partial charge in [-0.3, -0.25) is 14.6 Å². The molecular weight excluding hydrogens is 310 g/mol. The van der Waals surface area contributed by atoms with Crippen molar-refractivity contribution < 1.29 is 4.79 Å². The average Bonchev–Trinajstić information content (AvgIpc) is 3.21. The number of rotatable bonds is 3. The van der Waals surface area contributed by atoms with E-state index in [2.05, 4.69) is 41.9 Å². The normalized spacial score (nSPS) is 22.2. The molecule has 3 heterocycles. The van der Waals surface area contributed by atoms with Gasteiger partial charge in [0.25, 0.3) is 5.91 Å². The third kappa shape index (κ3) is 2.81. The lowest BCUT2D eigenvalue weighted by Crippen LogP contribution is -2.41. The predicted octanol–water partition coefficient (Wildman–Crippen LogP) is 3.96. The summed E-state index contributed by atoms with van der Waals surface area (Å²) >= 11 is 0. The van der Waals surface area contributed by atoms with Gasteiger partial charge < -0.3 is 4.98 Å². The van der Waals surface area contributed by atoms with Crippen LogP contribution in [0.15, 0.2) is 30.3 Å². The molecule has 0 radical (unpaired) electrons. The van der Waals surface area contributed by atoms with Gasteiger partial charge in [-0.05, 0) is 57.4 Å². The van der Waals surface area contributed by atoms with Crippen molar-refractivity contribution in [1.29, 1.82) is 0 Å². The van der Waals surface area contributed by atoms with E-state index < -0.39 is 0 Å². The molecular formula is C21H25N3O. The number of para-hydroxylation sites is 1. The van der Waals surface area contributed by atoms with Crippen molar-refractivity contribution in [3.63, 3.8) is 0 Å². The monoisotopic (exact) mass is 335 g/mol. The van der Waals surface area contributed by atoms with Crippen molar-refractivity contribution >= 4 is 23.2 Å². The third-order valence-corrected chi connectivity index (χ3v) is 5.45. The zero-order chi connectivity index (χ0) is 17.6. The molecule has 1 fully saturated rings. The number of nitrogens with zero attached hydrogens (tertiary/aromatic N) is 2. The summed E-state index contributed by atoms with van der Waals surface area (Å²) in [6.07, 6.45) is 4.44. The van der Waals surface area contributed by atoms with E-state index in [0.29, 0.717) is 12.7 Å². The first-order valence-electron chi connectivity index (χ1n) is 9.08. The van der Waals surface area contributed by atoms with Crippen molar-refractivity contribution in [2.75, 3.05) is 18.1 Å². The molecule has 1 aromatic carbocycles. The van der Waals surface area contributed by atoms with E-state index in [1.807, 2.05) is 30.0 Å². The van der Waals surface area contributed by atoms with Crippen LogP contribution in [0.4, 0.5) is 5.69 Å². The fourth-order valence-electron chi connectivity index (χ4n) is 4.02. The molecule has 1 aromatic heterocycles. The van der Waals surface area contributed by atoms with Crippen LogP contribution in [0.2, 0.25) is 0 Å². The molecule has 2 aliphatic heterocycles. The molecule has 0 saturated carbocycles. The average molecular weight is 335 g/mol. The van der Waals surface area contributed by atoms with Gasteiger partial charge in [0, 0.05) is 29.5 Å². The maximum atomic E-state index is 13.2. The minimum atomic E-state index is 0.104. The molecule has 1 saturated heterocycles. The Morgan fingerprint density at radius 2 is 2.08 bits per heavy atom. The van der Waals surface area contributed by atoms with E-state index in [0.717, 1.165) is 34.8 Å². The predicted molar refractivity (Wildman–Crippen MR) is 102 cm³/mol. The van der Waals surface area contributed by atoms with Crippen LogP contribution in [-0.4, -0.2) is 35.0 Å². The molecule has 4 heteroatoms. The Bertz CT molecular complexity index is 849. The lowest BCUT2D eigenvalue weighted by atomic mass is 10.1. The summed E-state index contributed by atoms with van der Waals surface area (Å²) in [5.41, 5.74) is 6.15. The van der Waals surface area contributed by atoms with E-state index in [1.54, 1.807) is 0 Å². The minimum absolute atomic E-state index is 0.104. The molecule has 1 atom stereocenters. The third-order valence-electron chi connectivity index (χ3n) is 5.45. The number of likely N-dealkylation sites (tertiary alicyclic amines) is 1. The standard InChI is InChI=1S/C21H25N3O/c1-14-11-15(2)22-19(14)12-18-17-8-4-5-9-20(17)24(21(18)25)13-23-10-6-7-16(23)3/h4-5,8-9,11-12,16,22H,6-7,10,13H2,1-3H3. The minimum Gasteiger partial charge on any atom is -0.359 e. The van der Waals surface area contributed by atoms with E-state index in [4.69, 9.17) is 0 Å². The molecule has 2 aromatic rings. The van der Waals surface area contributed by atoms with Gasteiger partial charge in [-0.25, -0.2) is 0 Å². The molecule has 1 amide bonds. The molecule has 1 unspecified atom stereocenters. The number of aromatic nitrogens is 1. The van der Waals surface area contributed by atoms with Crippen LogP contribution in [0.25, 0.3) is 11.6 Å². The van der Waals surface area contributed by atoms with Crippen molar-refractivity contribution in [2.24, 2.45) is 0 Å². The van der Waals surface area contributed by atoms with Gasteiger partial charge in [-0.1, -0.05) is 18.2 Å². The van der Waals surface area contributed by atoms with Crippen LogP contribution in [0, 0.1) is 13.8 Å². The van der Waals surface area contributed by atoms with Gasteiger partial charge in [-0.15, -0.1) is 0 Å². The first kappa shape index (κ1) is 16.2. The molecule has 0 aliphatic carbocycles. The fraction of sp³-hybridized carbons (Fsp3) is 0.381. The maximum Gasteiger partial charge on any atom is 0.260 e. The Morgan fingerprint density at radius 3 is 2.76 bits per heavy atom. The van der Waals surface area contributed by atoms with Gasteiger partial charge >= 0.3 is 0 Å². The lowest BCUT2D eigenvalue weighted by molar-refractivity contribution is -0.113. The zero-order valence-corrected chi connectivity index (χ0v) is 15.2. The van der Waals surface area contributed by atoms with Gasteiger partial charge in [0.2, 0.25) is 0 Å². The van der Waals surface area contributed by atoms with E-state index in [1.165, 1.54) is 18.4 Å². The first-order valence-corrected chi connectivity index (χ1v) is 9.08. The number of carbonyl (C=O) groups is 1. The number of benzene rings is 1. The molecule has 0 spiro atoms. The van der Waals surface area contributed by atoms with Crippen LogP contribution >= 0.6 is 0 Å². The van der Waals surface area contributed by atoms with Gasteiger partial charge in [0.15, 0.2) is 0 Å². The Balaban J connectivity index is 1.72. The number of H-pyrrole nitrogens is 1. The highest BCUT2D eigenvalue weighted by molar-refractivity contribution is 6.35. The number of aromatic amines is 1. The second-order valence-electron chi connectivity index (χ2n) is 7.30. The molecule has 4 nitrogen and oxygen atoms in total. The maximum absolute atomic E-state index is 13.2. The molecule has 2 aliphatic rings. The van der Waals surface area contributed by atoms with Crippen LogP contribution in [-0.2, 0) is 4.79 Å². The second-order valence-corrected chi connectivity index (χ2v) is 7.30. The first-order chi connectivity index (χ1) is 12.0. The quantitative estimate of drug-likeness (QED) is 0.862. The number of amides is 1. The highest BCUT2D eigenvalue weighted by Crippen LogP contribution is 2.38. The molecule has 0 bridgehead atoms. The van der Waals surface area contributed by atoms with Crippen LogP contribution in [0.5, 0.6) is 0 Å². The smallest absolute Gasteiger partial charge is 0.260 e. The Morgan fingerprint density at radius 1 is 1.28 bits per heavy atom. The van der Waals surface area contributed by atoms with E-state index in [9.17, 15) is 4.79 Å². The number of hydrogen-bond acceptors (Lipinski definition) is 2. The van der Waals surface area contributed by atoms with Gasteiger partial charge in [0.05, 0.1) is 17.9 Å². The molecule has 1 N–H and O–H groups in total. The highest BCUT2D eigenvalue weighted by atomic mass is 16.2. The number of hydrogen-bond donors (Lipinski definition) is 1. The number of aryl methyl sites for hydroxylation is 2. The molecule has 4 rings (SSSR count). The molecule has 130 valence electrons. The summed E-state index contributed by atoms with van der Waals surface area (Å²) in [5, 5.41) is 0. The highest BCUT2D eigenvalue weighted by Gasteiger charge is 2.34. The van der Waals surface area contributed by atoms with Crippen molar-refractivity contribution in [2.45, 2.75) is 39.7 Å². The molecule has 25 heavy (non-hydrogen) atoms. The van der Waals surface area contributed by atoms with Crippen molar-refractivity contribution in [3.8, 4) is 0 Å². The number of carbonyl (C=O) groups excluding carboxylic acids is 1. The Labute approximate surface area is 149 Å². The second kappa shape index (κ2) is 6.19. The van der Waals surface area contributed by atoms with Gasteiger partial charge in [0.1, 0.15) is 0 Å². The van der Waals surface area contributed by atoms with Gasteiger partial charge in [-0.2, -0.15) is 0 Å². The van der Waals surface area contributed by atoms with Crippen LogP contribution in [0.1, 0.15) is 42.3 Å². The topological polar surface area (TPSA) is 39.3 Å². The Hall–Kier alpha value is -2.33. The van der Waals surface area contributed by atoms with E-state index in [-0.39, 0.29) is 5.91 Å². The summed E-state index contributed by atoms with van der Waals surface area (Å²) in [6.45, 7) is 8.12. The zero-order valence-electron chi connectivity index (χ0n) is 15.2. The van der Waals surface area contributed by atoms with E-state index >= 15 is 0 Å². The fourth-order valence-corrected chi connectivity index (χ4v) is 4.02. The van der Waals surface area contributed by atoms with Crippen LogP contribution < -0.4 is 4.90 Å². The summed E-state index contributed by atoms with van der Waals surface area (Å²) in [5.74, 6) is 0.104. The SMILES string of the molecule is Cc1cc(C)c(C=C2C(=O)N(CN3CCCC3C)c3ccccc32)[nH]1. The summed E-state index contributed by atoms with van der Waals surface area (Å²) in [6, 6.07) is 10.8. The number of fused-ring (bicyclic) bond motifs is 1. The summed E-state index contributed by atoms with van der Waals surface area (Å²) < 4.78 is 0. The van der Waals surface area contributed by atoms with Crippen LogP contribution in [0.3, 0.4) is 0 Å². The lowest BCUT2D eigenvalue weighted by Gasteiger charge is -2.27.